The molecule has 108 valence electrons. The summed E-state index contributed by atoms with van der Waals surface area (Å²) in [4.78, 5) is 20.5. The van der Waals surface area contributed by atoms with E-state index in [4.69, 9.17) is 0 Å². The van der Waals surface area contributed by atoms with E-state index in [1.807, 2.05) is 13.1 Å². The first-order valence-corrected chi connectivity index (χ1v) is 10.4. The summed E-state index contributed by atoms with van der Waals surface area (Å²) < 4.78 is 4.59. The van der Waals surface area contributed by atoms with Gasteiger partial charge in [0, 0.05) is 6.42 Å². The maximum Gasteiger partial charge on any atom is 0.305 e. The summed E-state index contributed by atoms with van der Waals surface area (Å²) >= 11 is 0. The van der Waals surface area contributed by atoms with Crippen LogP contribution >= 0.6 is 0 Å². The molecule has 4 heteroatoms. The van der Waals surface area contributed by atoms with Crippen molar-refractivity contribution in [2.24, 2.45) is 0 Å². The number of esters is 1. The van der Waals surface area contributed by atoms with Crippen LogP contribution in [0.4, 0.5) is 0 Å². The van der Waals surface area contributed by atoms with Crippen LogP contribution in [0.25, 0.3) is 0 Å². The maximum absolute atomic E-state index is 10.9. The number of rotatable bonds is 11. The molecule has 0 atom stereocenters. The predicted octanol–water partition coefficient (Wildman–Crippen LogP) is 3.87. The van der Waals surface area contributed by atoms with Gasteiger partial charge < -0.3 is 9.53 Å². The molecule has 0 bridgehead atoms. The summed E-state index contributed by atoms with van der Waals surface area (Å²) in [6.07, 6.45) is 10.1. The zero-order valence-electron chi connectivity index (χ0n) is 12.3. The Hall–Kier alpha value is -0.353. The topological polar surface area (TPSA) is 46.5 Å². The fourth-order valence-corrected chi connectivity index (χ4v) is 3.10. The Morgan fingerprint density at radius 2 is 1.39 bits per heavy atom. The van der Waals surface area contributed by atoms with Crippen molar-refractivity contribution in [3.8, 4) is 0 Å². The third kappa shape index (κ3) is 13.7. The molecule has 0 aromatic heterocycles. The quantitative estimate of drug-likeness (QED) is 0.353. The summed E-state index contributed by atoms with van der Waals surface area (Å²) in [5, 5.41) is 0. The summed E-state index contributed by atoms with van der Waals surface area (Å²) in [6, 6.07) is 1.03. The second kappa shape index (κ2) is 10.6. The van der Waals surface area contributed by atoms with Gasteiger partial charge in [-0.1, -0.05) is 44.9 Å². The molecule has 0 saturated heterocycles. The number of carbonyl (C=O) groups excluding carboxylic acids is 1. The van der Waals surface area contributed by atoms with Gasteiger partial charge in [0.2, 0.25) is 0 Å². The average molecular weight is 274 g/mol. The smallest absolute Gasteiger partial charge is 0.305 e. The Labute approximate surface area is 113 Å². The van der Waals surface area contributed by atoms with Crippen LogP contribution in [0.2, 0.25) is 19.1 Å². The number of unbranched alkanes of at least 4 members (excludes halogenated alkanes) is 7. The summed E-state index contributed by atoms with van der Waals surface area (Å²) in [5.74, 6) is -0.0919. The minimum Gasteiger partial charge on any atom is -0.469 e. The highest BCUT2D eigenvalue weighted by Gasteiger charge is 2.14. The van der Waals surface area contributed by atoms with Crippen LogP contribution in [0, 0.1) is 0 Å². The van der Waals surface area contributed by atoms with Crippen LogP contribution in [0.5, 0.6) is 0 Å². The van der Waals surface area contributed by atoms with E-state index in [-0.39, 0.29) is 5.97 Å². The lowest BCUT2D eigenvalue weighted by Gasteiger charge is -2.12. The highest BCUT2D eigenvalue weighted by atomic mass is 28.4. The fraction of sp³-hybridized carbons (Fsp3) is 0.929. The lowest BCUT2D eigenvalue weighted by molar-refractivity contribution is -0.140. The number of hydrogen-bond donors (Lipinski definition) is 1. The number of ether oxygens (including phenoxy) is 1. The second-order valence-corrected chi connectivity index (χ2v) is 9.84. The number of carbonyl (C=O) groups is 1. The molecule has 0 aromatic carbocycles. The Bertz CT molecular complexity index is 212. The molecule has 18 heavy (non-hydrogen) atoms. The van der Waals surface area contributed by atoms with Crippen LogP contribution in [-0.2, 0) is 9.53 Å². The Morgan fingerprint density at radius 1 is 0.944 bits per heavy atom. The predicted molar refractivity (Wildman–Crippen MR) is 78.1 cm³/mol. The molecule has 0 spiro atoms. The molecule has 0 radical (unpaired) electrons. The summed E-state index contributed by atoms with van der Waals surface area (Å²) in [7, 11) is -0.358. The fourth-order valence-electron chi connectivity index (χ4n) is 1.99. The van der Waals surface area contributed by atoms with Gasteiger partial charge in [-0.3, -0.25) is 4.79 Å². The lowest BCUT2D eigenvalue weighted by atomic mass is 10.1. The first-order chi connectivity index (χ1) is 8.45. The van der Waals surface area contributed by atoms with E-state index in [0.29, 0.717) is 6.42 Å². The van der Waals surface area contributed by atoms with Crippen LogP contribution in [-0.4, -0.2) is 26.2 Å². The van der Waals surface area contributed by atoms with Gasteiger partial charge in [-0.25, -0.2) is 0 Å². The number of hydrogen-bond acceptors (Lipinski definition) is 3. The van der Waals surface area contributed by atoms with Crippen molar-refractivity contribution in [3.63, 3.8) is 0 Å². The van der Waals surface area contributed by atoms with Crippen molar-refractivity contribution in [2.75, 3.05) is 7.11 Å². The zero-order chi connectivity index (χ0) is 13.9. The van der Waals surface area contributed by atoms with Gasteiger partial charge in [0.25, 0.3) is 0 Å². The number of methoxy groups -OCH3 is 1. The standard InChI is InChI=1S/C14H30O3Si/c1-17-14(15)12-10-8-6-4-5-7-9-11-13-18(2,3)16/h16H,4-13H2,1-3H3. The minimum atomic E-state index is -1.80. The molecule has 0 aliphatic rings. The van der Waals surface area contributed by atoms with Crippen molar-refractivity contribution in [3.05, 3.63) is 0 Å². The lowest BCUT2D eigenvalue weighted by Crippen LogP contribution is -2.23. The van der Waals surface area contributed by atoms with Crippen molar-refractivity contribution in [1.82, 2.24) is 0 Å². The van der Waals surface area contributed by atoms with Gasteiger partial charge in [0.15, 0.2) is 8.32 Å². The molecule has 0 unspecified atom stereocenters. The minimum absolute atomic E-state index is 0.0919. The Kier molecular flexibility index (Phi) is 10.4. The molecule has 1 N–H and O–H groups in total. The van der Waals surface area contributed by atoms with Gasteiger partial charge in [0.1, 0.15) is 0 Å². The first-order valence-electron chi connectivity index (χ1n) is 7.25. The molecule has 0 aromatic rings. The maximum atomic E-state index is 10.9. The van der Waals surface area contributed by atoms with Crippen LogP contribution < -0.4 is 0 Å². The molecule has 0 aliphatic heterocycles. The van der Waals surface area contributed by atoms with Crippen molar-refractivity contribution in [2.45, 2.75) is 76.9 Å². The van der Waals surface area contributed by atoms with E-state index < -0.39 is 8.32 Å². The van der Waals surface area contributed by atoms with Gasteiger partial charge in [-0.05, 0) is 25.6 Å². The van der Waals surface area contributed by atoms with Gasteiger partial charge in [0.05, 0.1) is 7.11 Å². The van der Waals surface area contributed by atoms with Crippen molar-refractivity contribution >= 4 is 14.3 Å². The summed E-state index contributed by atoms with van der Waals surface area (Å²) in [6.45, 7) is 4.02. The third-order valence-electron chi connectivity index (χ3n) is 3.15. The molecular formula is C14H30O3Si. The Balaban J connectivity index is 3.10. The molecule has 0 fully saturated rings. The molecule has 0 amide bonds. The van der Waals surface area contributed by atoms with E-state index in [9.17, 15) is 9.59 Å². The first kappa shape index (κ1) is 17.6. The van der Waals surface area contributed by atoms with Gasteiger partial charge in [-0.15, -0.1) is 0 Å². The van der Waals surface area contributed by atoms with Crippen LogP contribution in [0.15, 0.2) is 0 Å². The SMILES string of the molecule is COC(=O)CCCCCCCCCC[Si](C)(C)O. The van der Waals surface area contributed by atoms with Crippen molar-refractivity contribution in [1.29, 1.82) is 0 Å². The zero-order valence-corrected chi connectivity index (χ0v) is 13.3. The second-order valence-electron chi connectivity index (χ2n) is 5.72. The average Bonchev–Trinajstić information content (AvgIpc) is 2.29. The van der Waals surface area contributed by atoms with E-state index >= 15 is 0 Å². The molecule has 0 aliphatic carbocycles. The normalized spacial score (nSPS) is 11.6. The monoisotopic (exact) mass is 274 g/mol. The molecule has 0 saturated carbocycles. The van der Waals surface area contributed by atoms with Crippen LogP contribution in [0.3, 0.4) is 0 Å². The van der Waals surface area contributed by atoms with Crippen molar-refractivity contribution < 1.29 is 14.3 Å². The van der Waals surface area contributed by atoms with E-state index in [1.165, 1.54) is 45.6 Å². The Morgan fingerprint density at radius 3 is 1.83 bits per heavy atom. The van der Waals surface area contributed by atoms with E-state index in [0.717, 1.165) is 18.9 Å². The van der Waals surface area contributed by atoms with E-state index in [1.54, 1.807) is 0 Å². The highest BCUT2D eigenvalue weighted by molar-refractivity contribution is 6.69. The van der Waals surface area contributed by atoms with Gasteiger partial charge >= 0.3 is 5.97 Å². The summed E-state index contributed by atoms with van der Waals surface area (Å²) in [5.41, 5.74) is 0. The molecule has 0 rings (SSSR count). The highest BCUT2D eigenvalue weighted by Crippen LogP contribution is 2.14. The third-order valence-corrected chi connectivity index (χ3v) is 4.72. The molecular weight excluding hydrogens is 244 g/mol. The van der Waals surface area contributed by atoms with Crippen LogP contribution in [0.1, 0.15) is 57.8 Å². The van der Waals surface area contributed by atoms with E-state index in [2.05, 4.69) is 4.74 Å². The molecule has 0 heterocycles. The van der Waals surface area contributed by atoms with Gasteiger partial charge in [-0.2, -0.15) is 0 Å². The molecule has 3 nitrogen and oxygen atoms in total. The largest absolute Gasteiger partial charge is 0.469 e.